The molecule has 1 aliphatic rings. The molecule has 2 N–H and O–H groups in total. The first-order valence-corrected chi connectivity index (χ1v) is 6.01. The second-order valence-electron chi connectivity index (χ2n) is 5.29. The Morgan fingerprint density at radius 2 is 1.81 bits per heavy atom. The molecule has 16 heavy (non-hydrogen) atoms. The van der Waals surface area contributed by atoms with E-state index in [0.717, 1.165) is 0 Å². The summed E-state index contributed by atoms with van der Waals surface area (Å²) in [5, 5.41) is 13.2. The maximum atomic E-state index is 9.63. The van der Waals surface area contributed by atoms with Crippen molar-refractivity contribution in [1.29, 1.82) is 0 Å². The van der Waals surface area contributed by atoms with Crippen molar-refractivity contribution in [3.8, 4) is 0 Å². The molecular formula is C14H21NO. The van der Waals surface area contributed by atoms with Crippen LogP contribution >= 0.6 is 0 Å². The van der Waals surface area contributed by atoms with Gasteiger partial charge in [0.2, 0.25) is 0 Å². The van der Waals surface area contributed by atoms with Gasteiger partial charge in [-0.25, -0.2) is 0 Å². The van der Waals surface area contributed by atoms with E-state index in [1.807, 2.05) is 0 Å². The van der Waals surface area contributed by atoms with Crippen molar-refractivity contribution in [1.82, 2.24) is 5.32 Å². The molecule has 88 valence electrons. The quantitative estimate of drug-likeness (QED) is 0.814. The van der Waals surface area contributed by atoms with Crippen LogP contribution in [0.15, 0.2) is 18.2 Å². The molecule has 0 saturated heterocycles. The van der Waals surface area contributed by atoms with Gasteiger partial charge in [-0.1, -0.05) is 29.3 Å². The van der Waals surface area contributed by atoms with Gasteiger partial charge in [0.1, 0.15) is 0 Å². The molecule has 0 radical (unpaired) electrons. The Bertz CT molecular complexity index is 364. The third-order valence-corrected chi connectivity index (χ3v) is 3.28. The van der Waals surface area contributed by atoms with Crippen LogP contribution in [0, 0.1) is 13.8 Å². The number of nitrogens with one attached hydrogen (secondary N) is 1. The fourth-order valence-electron chi connectivity index (χ4n) is 2.19. The average Bonchev–Trinajstić information content (AvgIpc) is 3.00. The lowest BCUT2D eigenvalue weighted by atomic mass is 9.90. The lowest BCUT2D eigenvalue weighted by Crippen LogP contribution is -2.44. The fraction of sp³-hybridized carbons (Fsp3) is 0.571. The van der Waals surface area contributed by atoms with E-state index in [9.17, 15) is 5.11 Å². The van der Waals surface area contributed by atoms with E-state index in [0.29, 0.717) is 6.04 Å². The first kappa shape index (κ1) is 11.6. The third kappa shape index (κ3) is 2.45. The Morgan fingerprint density at radius 3 is 2.25 bits per heavy atom. The van der Waals surface area contributed by atoms with Crippen molar-refractivity contribution >= 4 is 0 Å². The summed E-state index contributed by atoms with van der Waals surface area (Å²) >= 11 is 0. The summed E-state index contributed by atoms with van der Waals surface area (Å²) < 4.78 is 0. The molecule has 1 unspecified atom stereocenters. The number of rotatable bonds is 4. The van der Waals surface area contributed by atoms with Crippen molar-refractivity contribution in [2.45, 2.75) is 45.2 Å². The van der Waals surface area contributed by atoms with Gasteiger partial charge in [0.05, 0.1) is 12.1 Å². The summed E-state index contributed by atoms with van der Waals surface area (Å²) in [5.74, 6) is 0. The molecule has 1 aromatic rings. The van der Waals surface area contributed by atoms with E-state index in [1.54, 1.807) is 0 Å². The number of aliphatic hydroxyl groups is 1. The van der Waals surface area contributed by atoms with E-state index in [2.05, 4.69) is 44.3 Å². The Balaban J connectivity index is 2.30. The molecule has 1 aliphatic carbocycles. The maximum Gasteiger partial charge on any atom is 0.0652 e. The first-order valence-electron chi connectivity index (χ1n) is 6.01. The van der Waals surface area contributed by atoms with Crippen LogP contribution in [0.3, 0.4) is 0 Å². The predicted octanol–water partition coefficient (Wildman–Crippen LogP) is 2.26. The minimum atomic E-state index is -0.294. The lowest BCUT2D eigenvalue weighted by Gasteiger charge is -2.30. The van der Waals surface area contributed by atoms with Crippen LogP contribution in [0.25, 0.3) is 0 Å². The van der Waals surface area contributed by atoms with Gasteiger partial charge in [-0.15, -0.1) is 0 Å². The normalized spacial score (nSPS) is 19.5. The summed E-state index contributed by atoms with van der Waals surface area (Å²) in [4.78, 5) is 0. The van der Waals surface area contributed by atoms with Gasteiger partial charge in [-0.05, 0) is 39.2 Å². The Kier molecular flexibility index (Phi) is 3.04. The Labute approximate surface area is 97.7 Å². The second-order valence-corrected chi connectivity index (χ2v) is 5.29. The maximum absolute atomic E-state index is 9.63. The highest BCUT2D eigenvalue weighted by Crippen LogP contribution is 2.29. The number of aliphatic hydroxyl groups excluding tert-OH is 1. The van der Waals surface area contributed by atoms with Gasteiger partial charge in [-0.2, -0.15) is 0 Å². The molecule has 0 aliphatic heterocycles. The van der Waals surface area contributed by atoms with Gasteiger partial charge >= 0.3 is 0 Å². The van der Waals surface area contributed by atoms with Gasteiger partial charge in [0.15, 0.2) is 0 Å². The fourth-order valence-corrected chi connectivity index (χ4v) is 2.19. The molecule has 2 heteroatoms. The smallest absolute Gasteiger partial charge is 0.0652 e. The van der Waals surface area contributed by atoms with Crippen LogP contribution < -0.4 is 5.32 Å². The van der Waals surface area contributed by atoms with E-state index in [1.165, 1.54) is 29.5 Å². The standard InChI is InChI=1S/C14H21NO/c1-10-6-11(2)8-12(7-10)14(3,9-16)15-13-4-5-13/h6-8,13,15-16H,4-5,9H2,1-3H3. The molecule has 0 spiro atoms. The lowest BCUT2D eigenvalue weighted by molar-refractivity contribution is 0.173. The largest absolute Gasteiger partial charge is 0.394 e. The number of hydrogen-bond donors (Lipinski definition) is 2. The van der Waals surface area contributed by atoms with Crippen LogP contribution in [-0.2, 0) is 5.54 Å². The SMILES string of the molecule is Cc1cc(C)cc(C(C)(CO)NC2CC2)c1. The second kappa shape index (κ2) is 4.19. The molecule has 1 atom stereocenters. The number of aryl methyl sites for hydroxylation is 2. The molecule has 1 aromatic carbocycles. The van der Waals surface area contributed by atoms with E-state index in [4.69, 9.17) is 0 Å². The molecule has 1 fully saturated rings. The first-order chi connectivity index (χ1) is 7.53. The predicted molar refractivity (Wildman–Crippen MR) is 66.5 cm³/mol. The highest BCUT2D eigenvalue weighted by Gasteiger charge is 2.33. The molecule has 2 rings (SSSR count). The molecule has 0 amide bonds. The monoisotopic (exact) mass is 219 g/mol. The van der Waals surface area contributed by atoms with Crippen LogP contribution in [0.4, 0.5) is 0 Å². The molecule has 0 heterocycles. The van der Waals surface area contributed by atoms with E-state index < -0.39 is 0 Å². The highest BCUT2D eigenvalue weighted by molar-refractivity contribution is 5.33. The van der Waals surface area contributed by atoms with Crippen molar-refractivity contribution in [2.24, 2.45) is 0 Å². The Morgan fingerprint density at radius 1 is 1.25 bits per heavy atom. The zero-order valence-corrected chi connectivity index (χ0v) is 10.4. The zero-order valence-electron chi connectivity index (χ0n) is 10.4. The van der Waals surface area contributed by atoms with Crippen molar-refractivity contribution in [3.63, 3.8) is 0 Å². The van der Waals surface area contributed by atoms with Gasteiger partial charge in [0, 0.05) is 6.04 Å². The highest BCUT2D eigenvalue weighted by atomic mass is 16.3. The van der Waals surface area contributed by atoms with Crippen LogP contribution in [0.2, 0.25) is 0 Å². The molecule has 2 nitrogen and oxygen atoms in total. The van der Waals surface area contributed by atoms with Crippen molar-refractivity contribution in [3.05, 3.63) is 34.9 Å². The molecular weight excluding hydrogens is 198 g/mol. The summed E-state index contributed by atoms with van der Waals surface area (Å²) in [7, 11) is 0. The molecule has 0 aromatic heterocycles. The summed E-state index contributed by atoms with van der Waals surface area (Å²) in [5.41, 5.74) is 3.41. The molecule has 0 bridgehead atoms. The minimum Gasteiger partial charge on any atom is -0.394 e. The van der Waals surface area contributed by atoms with Crippen molar-refractivity contribution in [2.75, 3.05) is 6.61 Å². The van der Waals surface area contributed by atoms with E-state index in [-0.39, 0.29) is 12.1 Å². The van der Waals surface area contributed by atoms with E-state index >= 15 is 0 Å². The van der Waals surface area contributed by atoms with Gasteiger partial charge in [-0.3, -0.25) is 0 Å². The number of benzene rings is 1. The minimum absolute atomic E-state index is 0.145. The summed E-state index contributed by atoms with van der Waals surface area (Å²) in [6, 6.07) is 7.09. The average molecular weight is 219 g/mol. The Hall–Kier alpha value is -0.860. The van der Waals surface area contributed by atoms with Crippen molar-refractivity contribution < 1.29 is 5.11 Å². The summed E-state index contributed by atoms with van der Waals surface area (Å²) in [6.07, 6.45) is 2.47. The van der Waals surface area contributed by atoms with Gasteiger partial charge in [0.25, 0.3) is 0 Å². The van der Waals surface area contributed by atoms with Crippen LogP contribution in [0.1, 0.15) is 36.5 Å². The van der Waals surface area contributed by atoms with Crippen LogP contribution in [-0.4, -0.2) is 17.8 Å². The zero-order chi connectivity index (χ0) is 11.8. The topological polar surface area (TPSA) is 32.3 Å². The number of hydrogen-bond acceptors (Lipinski definition) is 2. The van der Waals surface area contributed by atoms with Gasteiger partial charge < -0.3 is 10.4 Å². The van der Waals surface area contributed by atoms with Crippen LogP contribution in [0.5, 0.6) is 0 Å². The summed E-state index contributed by atoms with van der Waals surface area (Å²) in [6.45, 7) is 6.43. The third-order valence-electron chi connectivity index (χ3n) is 3.28. The molecule has 1 saturated carbocycles.